The lowest BCUT2D eigenvalue weighted by Crippen LogP contribution is -2.34. The fourth-order valence-corrected chi connectivity index (χ4v) is 3.12. The van der Waals surface area contributed by atoms with Gasteiger partial charge in [0.2, 0.25) is 0 Å². The van der Waals surface area contributed by atoms with E-state index in [1.165, 1.54) is 5.56 Å². The molecule has 0 aliphatic heterocycles. The van der Waals surface area contributed by atoms with Crippen LogP contribution in [0.3, 0.4) is 0 Å². The van der Waals surface area contributed by atoms with Gasteiger partial charge >= 0.3 is 0 Å². The summed E-state index contributed by atoms with van der Waals surface area (Å²) in [5.41, 5.74) is 4.04. The summed E-state index contributed by atoms with van der Waals surface area (Å²) < 4.78 is 0. The largest absolute Gasteiger partial charge is 0.381 e. The van der Waals surface area contributed by atoms with Crippen molar-refractivity contribution in [2.24, 2.45) is 0 Å². The zero-order valence-corrected chi connectivity index (χ0v) is 12.7. The molecule has 106 valence electrons. The van der Waals surface area contributed by atoms with Crippen molar-refractivity contribution >= 4 is 17.3 Å². The predicted molar refractivity (Wildman–Crippen MR) is 86.7 cm³/mol. The second-order valence-electron chi connectivity index (χ2n) is 5.67. The van der Waals surface area contributed by atoms with Gasteiger partial charge in [-0.1, -0.05) is 35.9 Å². The van der Waals surface area contributed by atoms with Gasteiger partial charge in [-0.05, 0) is 55.0 Å². The second kappa shape index (κ2) is 5.79. The van der Waals surface area contributed by atoms with Crippen LogP contribution in [0, 0.1) is 18.3 Å². The molecule has 0 bridgehead atoms. The summed E-state index contributed by atoms with van der Waals surface area (Å²) in [5.74, 6) is 0.566. The molecular weight excluding hydrogens is 280 g/mol. The first-order valence-electron chi connectivity index (χ1n) is 7.19. The lowest BCUT2D eigenvalue weighted by Gasteiger charge is -2.37. The Morgan fingerprint density at radius 2 is 1.95 bits per heavy atom. The molecule has 0 radical (unpaired) electrons. The number of hydrogen-bond acceptors (Lipinski definition) is 2. The Hall–Kier alpha value is -1.98. The number of nitrogens with zero attached hydrogens (tertiary/aromatic N) is 1. The molecule has 2 aromatic carbocycles. The minimum atomic E-state index is 0.433. The topological polar surface area (TPSA) is 35.8 Å². The van der Waals surface area contributed by atoms with Gasteiger partial charge in [0.05, 0.1) is 11.3 Å². The molecule has 0 spiro atoms. The van der Waals surface area contributed by atoms with Crippen LogP contribution in [0.2, 0.25) is 5.02 Å². The molecule has 0 saturated heterocycles. The summed E-state index contributed by atoms with van der Waals surface area (Å²) in [6.07, 6.45) is 2.16. The van der Waals surface area contributed by atoms with Gasteiger partial charge in [0.1, 0.15) is 6.07 Å². The van der Waals surface area contributed by atoms with Crippen LogP contribution >= 0.6 is 11.6 Å². The van der Waals surface area contributed by atoms with Gasteiger partial charge < -0.3 is 5.32 Å². The molecule has 1 aliphatic carbocycles. The van der Waals surface area contributed by atoms with Gasteiger partial charge in [-0.3, -0.25) is 0 Å². The lowest BCUT2D eigenvalue weighted by molar-refractivity contribution is 0.374. The van der Waals surface area contributed by atoms with Crippen LogP contribution in [0.1, 0.15) is 35.4 Å². The maximum absolute atomic E-state index is 9.26. The van der Waals surface area contributed by atoms with Crippen LogP contribution in [0.4, 0.5) is 5.69 Å². The molecule has 2 aromatic rings. The summed E-state index contributed by atoms with van der Waals surface area (Å²) in [4.78, 5) is 0. The zero-order valence-electron chi connectivity index (χ0n) is 11.9. The highest BCUT2D eigenvalue weighted by Crippen LogP contribution is 2.39. The Morgan fingerprint density at radius 3 is 2.67 bits per heavy atom. The molecule has 0 heterocycles. The number of anilines is 1. The molecule has 1 aliphatic rings. The molecular formula is C18H17ClN2. The third kappa shape index (κ3) is 2.89. The summed E-state index contributed by atoms with van der Waals surface area (Å²) in [5, 5.41) is 13.6. The fraction of sp³-hybridized carbons (Fsp3) is 0.278. The summed E-state index contributed by atoms with van der Waals surface area (Å²) >= 11 is 6.04. The average molecular weight is 297 g/mol. The van der Waals surface area contributed by atoms with Crippen LogP contribution in [0.5, 0.6) is 0 Å². The minimum absolute atomic E-state index is 0.433. The van der Waals surface area contributed by atoms with Crippen molar-refractivity contribution in [1.82, 2.24) is 0 Å². The summed E-state index contributed by atoms with van der Waals surface area (Å²) in [6.45, 7) is 1.97. The van der Waals surface area contributed by atoms with Crippen LogP contribution in [-0.2, 0) is 0 Å². The van der Waals surface area contributed by atoms with Crippen LogP contribution in [0.15, 0.2) is 42.5 Å². The number of aryl methyl sites for hydroxylation is 1. The van der Waals surface area contributed by atoms with Crippen molar-refractivity contribution < 1.29 is 0 Å². The van der Waals surface area contributed by atoms with Gasteiger partial charge in [0, 0.05) is 11.1 Å². The quantitative estimate of drug-likeness (QED) is 0.876. The molecule has 0 amide bonds. The number of rotatable bonds is 3. The molecule has 0 aromatic heterocycles. The van der Waals surface area contributed by atoms with Crippen molar-refractivity contribution in [2.45, 2.75) is 31.7 Å². The first-order valence-corrected chi connectivity index (χ1v) is 7.57. The zero-order chi connectivity index (χ0) is 14.8. The Labute approximate surface area is 130 Å². The first-order chi connectivity index (χ1) is 10.2. The van der Waals surface area contributed by atoms with Gasteiger partial charge in [0.15, 0.2) is 0 Å². The Bertz CT molecular complexity index is 697. The second-order valence-corrected chi connectivity index (χ2v) is 6.11. The maximum Gasteiger partial charge on any atom is 0.102 e. The van der Waals surface area contributed by atoms with Gasteiger partial charge in [-0.15, -0.1) is 0 Å². The molecule has 3 rings (SSSR count). The minimum Gasteiger partial charge on any atom is -0.381 e. The number of nitriles is 1. The van der Waals surface area contributed by atoms with E-state index in [2.05, 4.69) is 23.5 Å². The fourth-order valence-electron chi connectivity index (χ4n) is 2.92. The molecule has 0 atom stereocenters. The summed E-state index contributed by atoms with van der Waals surface area (Å²) in [6, 6.07) is 16.8. The number of hydrogen-bond donors (Lipinski definition) is 1. The van der Waals surface area contributed by atoms with Crippen molar-refractivity contribution in [3.63, 3.8) is 0 Å². The Balaban J connectivity index is 1.66. The highest BCUT2D eigenvalue weighted by Gasteiger charge is 2.30. The van der Waals surface area contributed by atoms with Gasteiger partial charge in [-0.2, -0.15) is 5.26 Å². The monoisotopic (exact) mass is 296 g/mol. The van der Waals surface area contributed by atoms with Gasteiger partial charge in [0.25, 0.3) is 0 Å². The van der Waals surface area contributed by atoms with E-state index in [0.717, 1.165) is 34.7 Å². The van der Waals surface area contributed by atoms with E-state index >= 15 is 0 Å². The molecule has 0 unspecified atom stereocenters. The van der Waals surface area contributed by atoms with E-state index in [1.54, 1.807) is 0 Å². The van der Waals surface area contributed by atoms with E-state index in [0.29, 0.717) is 12.0 Å². The lowest BCUT2D eigenvalue weighted by atomic mass is 9.75. The van der Waals surface area contributed by atoms with Crippen LogP contribution in [0.25, 0.3) is 0 Å². The molecule has 1 fully saturated rings. The first kappa shape index (κ1) is 14.0. The molecule has 1 N–H and O–H groups in total. The van der Waals surface area contributed by atoms with E-state index in [9.17, 15) is 5.26 Å². The number of halogens is 1. The van der Waals surface area contributed by atoms with Crippen molar-refractivity contribution in [2.75, 3.05) is 5.32 Å². The highest BCUT2D eigenvalue weighted by atomic mass is 35.5. The third-order valence-corrected chi connectivity index (χ3v) is 4.44. The van der Waals surface area contributed by atoms with E-state index in [4.69, 9.17) is 11.6 Å². The normalized spacial score (nSPS) is 20.4. The SMILES string of the molecule is Cc1cccc(NC2CC(c3cccc(Cl)c3)C2)c1C#N. The van der Waals surface area contributed by atoms with Crippen molar-refractivity contribution in [3.8, 4) is 6.07 Å². The van der Waals surface area contributed by atoms with Crippen molar-refractivity contribution in [3.05, 3.63) is 64.2 Å². The summed E-state index contributed by atoms with van der Waals surface area (Å²) in [7, 11) is 0. The molecule has 1 saturated carbocycles. The third-order valence-electron chi connectivity index (χ3n) is 4.20. The highest BCUT2D eigenvalue weighted by molar-refractivity contribution is 6.30. The van der Waals surface area contributed by atoms with Crippen LogP contribution in [-0.4, -0.2) is 6.04 Å². The smallest absolute Gasteiger partial charge is 0.102 e. The maximum atomic E-state index is 9.26. The predicted octanol–water partition coefficient (Wildman–Crippen LogP) is 4.88. The molecule has 3 heteroatoms. The Morgan fingerprint density at radius 1 is 1.19 bits per heavy atom. The standard InChI is InChI=1S/C18H17ClN2/c1-12-4-2-7-18(17(12)11-20)21-16-9-14(10-16)13-5-3-6-15(19)8-13/h2-8,14,16,21H,9-10H2,1H3. The number of benzene rings is 2. The molecule has 21 heavy (non-hydrogen) atoms. The van der Waals surface area contributed by atoms with Crippen molar-refractivity contribution in [1.29, 1.82) is 5.26 Å². The number of nitrogens with one attached hydrogen (secondary N) is 1. The average Bonchev–Trinajstić information content (AvgIpc) is 2.42. The Kier molecular flexibility index (Phi) is 3.86. The van der Waals surface area contributed by atoms with Crippen LogP contribution < -0.4 is 5.32 Å². The van der Waals surface area contributed by atoms with E-state index in [-0.39, 0.29) is 0 Å². The van der Waals surface area contributed by atoms with Gasteiger partial charge in [-0.25, -0.2) is 0 Å². The van der Waals surface area contributed by atoms with E-state index in [1.807, 2.05) is 37.3 Å². The molecule has 2 nitrogen and oxygen atoms in total. The van der Waals surface area contributed by atoms with E-state index < -0.39 is 0 Å².